The summed E-state index contributed by atoms with van der Waals surface area (Å²) >= 11 is 12.0. The van der Waals surface area contributed by atoms with Crippen molar-refractivity contribution in [2.24, 2.45) is 5.92 Å². The number of nitrogens with zero attached hydrogens (tertiary/aromatic N) is 3. The SMILES string of the molecule is COCC1CCN(CCOc2ccn(-c3ccc(Cl)c(Cl)c3)n2)CC1. The lowest BCUT2D eigenvalue weighted by atomic mass is 9.98. The number of methoxy groups -OCH3 is 1. The second-order valence-corrected chi connectivity index (χ2v) is 7.10. The summed E-state index contributed by atoms with van der Waals surface area (Å²) < 4.78 is 12.8. The second-order valence-electron chi connectivity index (χ2n) is 6.29. The average Bonchev–Trinajstić information content (AvgIpc) is 3.08. The third kappa shape index (κ3) is 5.11. The monoisotopic (exact) mass is 383 g/mol. The van der Waals surface area contributed by atoms with Gasteiger partial charge in [0.2, 0.25) is 5.88 Å². The first-order chi connectivity index (χ1) is 12.2. The highest BCUT2D eigenvalue weighted by molar-refractivity contribution is 6.42. The molecule has 1 fully saturated rings. The average molecular weight is 384 g/mol. The molecular weight excluding hydrogens is 361 g/mol. The maximum absolute atomic E-state index is 6.05. The molecule has 2 heterocycles. The van der Waals surface area contributed by atoms with E-state index in [2.05, 4.69) is 10.00 Å². The molecule has 1 aliphatic rings. The quantitative estimate of drug-likeness (QED) is 0.726. The Morgan fingerprint density at radius 1 is 1.16 bits per heavy atom. The van der Waals surface area contributed by atoms with E-state index in [1.807, 2.05) is 18.3 Å². The van der Waals surface area contributed by atoms with Gasteiger partial charge in [-0.3, -0.25) is 4.90 Å². The van der Waals surface area contributed by atoms with Crippen molar-refractivity contribution in [1.82, 2.24) is 14.7 Å². The molecule has 0 spiro atoms. The molecule has 0 unspecified atom stereocenters. The highest BCUT2D eigenvalue weighted by Crippen LogP contribution is 2.24. The van der Waals surface area contributed by atoms with E-state index in [1.165, 1.54) is 12.8 Å². The van der Waals surface area contributed by atoms with Gasteiger partial charge in [-0.1, -0.05) is 23.2 Å². The Morgan fingerprint density at radius 3 is 2.68 bits per heavy atom. The molecule has 136 valence electrons. The number of likely N-dealkylation sites (tertiary alicyclic amines) is 1. The third-order valence-electron chi connectivity index (χ3n) is 4.50. The Labute approximate surface area is 158 Å². The predicted octanol–water partition coefficient (Wildman–Crippen LogP) is 3.92. The minimum absolute atomic E-state index is 0.508. The Kier molecular flexibility index (Phi) is 6.59. The molecule has 5 nitrogen and oxygen atoms in total. The van der Waals surface area contributed by atoms with E-state index < -0.39 is 0 Å². The number of hydrogen-bond donors (Lipinski definition) is 0. The predicted molar refractivity (Wildman–Crippen MR) is 100 cm³/mol. The normalized spacial score (nSPS) is 16.3. The smallest absolute Gasteiger partial charge is 0.233 e. The topological polar surface area (TPSA) is 39.5 Å². The van der Waals surface area contributed by atoms with Crippen molar-refractivity contribution in [3.8, 4) is 11.6 Å². The van der Waals surface area contributed by atoms with Crippen molar-refractivity contribution in [1.29, 1.82) is 0 Å². The number of halogens is 2. The molecule has 0 N–H and O–H groups in total. The van der Waals surface area contributed by atoms with Gasteiger partial charge in [0.1, 0.15) is 6.61 Å². The second kappa shape index (κ2) is 8.90. The van der Waals surface area contributed by atoms with Crippen LogP contribution in [-0.4, -0.2) is 54.6 Å². The number of hydrogen-bond acceptors (Lipinski definition) is 4. The van der Waals surface area contributed by atoms with Crippen molar-refractivity contribution < 1.29 is 9.47 Å². The van der Waals surface area contributed by atoms with Crippen LogP contribution in [0.1, 0.15) is 12.8 Å². The summed E-state index contributed by atoms with van der Waals surface area (Å²) in [5.41, 5.74) is 0.851. The van der Waals surface area contributed by atoms with Crippen LogP contribution in [0.3, 0.4) is 0 Å². The minimum Gasteiger partial charge on any atom is -0.475 e. The zero-order chi connectivity index (χ0) is 17.6. The van der Waals surface area contributed by atoms with Crippen molar-refractivity contribution in [2.45, 2.75) is 12.8 Å². The van der Waals surface area contributed by atoms with E-state index in [1.54, 1.807) is 23.9 Å². The molecule has 1 saturated heterocycles. The van der Waals surface area contributed by atoms with Crippen LogP contribution in [0.2, 0.25) is 10.0 Å². The number of rotatable bonds is 7. The van der Waals surface area contributed by atoms with Crippen LogP contribution in [0.25, 0.3) is 5.69 Å². The van der Waals surface area contributed by atoms with Crippen LogP contribution in [0, 0.1) is 5.92 Å². The molecule has 1 aromatic carbocycles. The van der Waals surface area contributed by atoms with Crippen molar-refractivity contribution >= 4 is 23.2 Å². The summed E-state index contributed by atoms with van der Waals surface area (Å²) in [5, 5.41) is 5.47. The first kappa shape index (κ1) is 18.5. The van der Waals surface area contributed by atoms with Crippen LogP contribution in [-0.2, 0) is 4.74 Å². The van der Waals surface area contributed by atoms with Gasteiger partial charge in [-0.25, -0.2) is 4.68 Å². The molecule has 7 heteroatoms. The van der Waals surface area contributed by atoms with Crippen LogP contribution < -0.4 is 4.74 Å². The minimum atomic E-state index is 0.508. The number of ether oxygens (including phenoxy) is 2. The molecule has 0 amide bonds. The Bertz CT molecular complexity index is 685. The standard InChI is InChI=1S/C18H23Cl2N3O2/c1-24-13-14-4-7-22(8-5-14)10-11-25-18-6-9-23(21-18)15-2-3-16(19)17(20)12-15/h2-3,6,9,12,14H,4-5,7-8,10-11,13H2,1H3. The maximum atomic E-state index is 6.05. The van der Waals surface area contributed by atoms with Crippen LogP contribution >= 0.6 is 23.2 Å². The van der Waals surface area contributed by atoms with E-state index in [0.717, 1.165) is 31.9 Å². The lowest BCUT2D eigenvalue weighted by Crippen LogP contribution is -2.37. The maximum Gasteiger partial charge on any atom is 0.233 e. The summed E-state index contributed by atoms with van der Waals surface area (Å²) in [7, 11) is 1.78. The zero-order valence-corrected chi connectivity index (χ0v) is 15.8. The fourth-order valence-corrected chi connectivity index (χ4v) is 3.34. The summed E-state index contributed by atoms with van der Waals surface area (Å²) in [4.78, 5) is 2.43. The largest absolute Gasteiger partial charge is 0.475 e. The fraction of sp³-hybridized carbons (Fsp3) is 0.500. The molecule has 1 aromatic heterocycles. The molecule has 0 radical (unpaired) electrons. The van der Waals surface area contributed by atoms with Gasteiger partial charge in [0.05, 0.1) is 15.7 Å². The van der Waals surface area contributed by atoms with E-state index in [9.17, 15) is 0 Å². The Balaban J connectivity index is 1.45. The van der Waals surface area contributed by atoms with Gasteiger partial charge >= 0.3 is 0 Å². The highest BCUT2D eigenvalue weighted by atomic mass is 35.5. The van der Waals surface area contributed by atoms with E-state index in [4.69, 9.17) is 32.7 Å². The lowest BCUT2D eigenvalue weighted by Gasteiger charge is -2.31. The molecular formula is C18H23Cl2N3O2. The van der Waals surface area contributed by atoms with Gasteiger partial charge in [-0.05, 0) is 50.0 Å². The molecule has 2 aromatic rings. The van der Waals surface area contributed by atoms with Gasteiger partial charge in [0.25, 0.3) is 0 Å². The van der Waals surface area contributed by atoms with Crippen LogP contribution in [0.5, 0.6) is 5.88 Å². The number of benzene rings is 1. The van der Waals surface area contributed by atoms with Gasteiger partial charge in [-0.2, -0.15) is 0 Å². The molecule has 1 aliphatic heterocycles. The van der Waals surface area contributed by atoms with Crippen molar-refractivity contribution in [3.63, 3.8) is 0 Å². The molecule has 25 heavy (non-hydrogen) atoms. The summed E-state index contributed by atoms with van der Waals surface area (Å²) in [6, 6.07) is 7.27. The molecule has 3 rings (SSSR count). The summed E-state index contributed by atoms with van der Waals surface area (Å²) in [6.45, 7) is 4.63. The van der Waals surface area contributed by atoms with Gasteiger partial charge in [-0.15, -0.1) is 5.10 Å². The van der Waals surface area contributed by atoms with Gasteiger partial charge < -0.3 is 9.47 Å². The van der Waals surface area contributed by atoms with Crippen molar-refractivity contribution in [3.05, 3.63) is 40.5 Å². The lowest BCUT2D eigenvalue weighted by molar-refractivity contribution is 0.0924. The third-order valence-corrected chi connectivity index (χ3v) is 5.24. The Hall–Kier alpha value is -1.27. The Morgan fingerprint density at radius 2 is 1.96 bits per heavy atom. The molecule has 0 atom stereocenters. The van der Waals surface area contributed by atoms with E-state index in [-0.39, 0.29) is 0 Å². The van der Waals surface area contributed by atoms with E-state index >= 15 is 0 Å². The highest BCUT2D eigenvalue weighted by Gasteiger charge is 2.18. The van der Waals surface area contributed by atoms with Gasteiger partial charge in [0.15, 0.2) is 0 Å². The molecule has 0 aliphatic carbocycles. The molecule has 0 saturated carbocycles. The molecule has 0 bridgehead atoms. The van der Waals surface area contributed by atoms with E-state index in [0.29, 0.717) is 28.5 Å². The van der Waals surface area contributed by atoms with Gasteiger partial charge in [0, 0.05) is 32.5 Å². The fourth-order valence-electron chi connectivity index (χ4n) is 3.05. The summed E-state index contributed by atoms with van der Waals surface area (Å²) in [6.07, 6.45) is 4.24. The number of piperidine rings is 1. The number of aromatic nitrogens is 2. The van der Waals surface area contributed by atoms with Crippen LogP contribution in [0.4, 0.5) is 0 Å². The summed E-state index contributed by atoms with van der Waals surface area (Å²) in [5.74, 6) is 1.31. The first-order valence-corrected chi connectivity index (χ1v) is 9.26. The van der Waals surface area contributed by atoms with Crippen molar-refractivity contribution in [2.75, 3.05) is 40.0 Å². The van der Waals surface area contributed by atoms with Crippen LogP contribution in [0.15, 0.2) is 30.5 Å². The first-order valence-electron chi connectivity index (χ1n) is 8.51. The zero-order valence-electron chi connectivity index (χ0n) is 14.3.